The van der Waals surface area contributed by atoms with Crippen molar-refractivity contribution >= 4 is 0 Å². The Bertz CT molecular complexity index is 450. The van der Waals surface area contributed by atoms with Crippen LogP contribution in [0.25, 0.3) is 0 Å². The van der Waals surface area contributed by atoms with Crippen molar-refractivity contribution in [3.63, 3.8) is 0 Å². The van der Waals surface area contributed by atoms with Crippen molar-refractivity contribution in [2.75, 3.05) is 13.7 Å². The summed E-state index contributed by atoms with van der Waals surface area (Å²) in [5.41, 5.74) is 1.83. The topological polar surface area (TPSA) is 36.3 Å². The number of hydrogen-bond donors (Lipinski definition) is 0. The first-order chi connectivity index (χ1) is 8.78. The molecule has 1 atom stereocenters. The van der Waals surface area contributed by atoms with E-state index in [1.165, 1.54) is 19.3 Å². The van der Waals surface area contributed by atoms with Crippen LogP contribution in [0.2, 0.25) is 0 Å². The van der Waals surface area contributed by atoms with Gasteiger partial charge in [0.25, 0.3) is 0 Å². The normalized spacial score (nSPS) is 19.7. The molecular weight excluding hydrogens is 224 g/mol. The third kappa shape index (κ3) is 2.65. The molecule has 1 unspecified atom stereocenters. The summed E-state index contributed by atoms with van der Waals surface area (Å²) >= 11 is 0. The molecule has 1 saturated heterocycles. The van der Waals surface area contributed by atoms with Crippen LogP contribution >= 0.6 is 0 Å². The fraction of sp³-hybridized carbons (Fsp3) is 0.533. The van der Waals surface area contributed by atoms with Crippen molar-refractivity contribution in [2.24, 2.45) is 0 Å². The smallest absolute Gasteiger partial charge is 0.123 e. The first-order valence-electron chi connectivity index (χ1n) is 6.59. The number of methoxy groups -OCH3 is 1. The van der Waals surface area contributed by atoms with Gasteiger partial charge in [0.1, 0.15) is 5.75 Å². The first kappa shape index (κ1) is 12.9. The van der Waals surface area contributed by atoms with Crippen LogP contribution in [0.5, 0.6) is 5.75 Å². The van der Waals surface area contributed by atoms with Gasteiger partial charge in [0.05, 0.1) is 18.7 Å². The van der Waals surface area contributed by atoms with Crippen molar-refractivity contribution in [3.05, 3.63) is 29.3 Å². The third-order valence-electron chi connectivity index (χ3n) is 3.75. The maximum atomic E-state index is 8.98. The quantitative estimate of drug-likeness (QED) is 0.817. The molecule has 3 heteroatoms. The highest BCUT2D eigenvalue weighted by Gasteiger charge is 2.23. The fourth-order valence-corrected chi connectivity index (χ4v) is 2.76. The van der Waals surface area contributed by atoms with E-state index in [-0.39, 0.29) is 0 Å². The lowest BCUT2D eigenvalue weighted by Gasteiger charge is -2.24. The van der Waals surface area contributed by atoms with Gasteiger partial charge in [-0.2, -0.15) is 5.26 Å². The molecule has 0 aliphatic carbocycles. The first-order valence-corrected chi connectivity index (χ1v) is 6.59. The largest absolute Gasteiger partial charge is 0.496 e. The Labute approximate surface area is 109 Å². The number of benzene rings is 1. The van der Waals surface area contributed by atoms with Crippen molar-refractivity contribution in [2.45, 2.75) is 38.8 Å². The number of ether oxygens (including phenoxy) is 1. The summed E-state index contributed by atoms with van der Waals surface area (Å²) in [7, 11) is 1.69. The molecule has 1 aliphatic heterocycles. The van der Waals surface area contributed by atoms with Gasteiger partial charge in [-0.25, -0.2) is 0 Å². The summed E-state index contributed by atoms with van der Waals surface area (Å²) in [6.07, 6.45) is 3.76. The lowest BCUT2D eigenvalue weighted by atomic mass is 10.1. The maximum Gasteiger partial charge on any atom is 0.123 e. The maximum absolute atomic E-state index is 8.98. The summed E-state index contributed by atoms with van der Waals surface area (Å²) < 4.78 is 5.39. The van der Waals surface area contributed by atoms with Crippen molar-refractivity contribution in [3.8, 4) is 11.8 Å². The lowest BCUT2D eigenvalue weighted by Crippen LogP contribution is -2.28. The SMILES string of the molecule is CCC1CCCN1Cc1cc(C#N)ccc1OC. The number of nitrogens with zero attached hydrogens (tertiary/aromatic N) is 2. The molecule has 1 fully saturated rings. The molecule has 2 rings (SSSR count). The molecule has 0 bridgehead atoms. The van der Waals surface area contributed by atoms with E-state index in [1.54, 1.807) is 7.11 Å². The number of hydrogen-bond acceptors (Lipinski definition) is 3. The van der Waals surface area contributed by atoms with Gasteiger partial charge in [0.2, 0.25) is 0 Å². The predicted octanol–water partition coefficient (Wildman–Crippen LogP) is 2.94. The molecule has 1 heterocycles. The molecule has 0 amide bonds. The second kappa shape index (κ2) is 5.88. The van der Waals surface area contributed by atoms with Crippen LogP contribution in [0.4, 0.5) is 0 Å². The van der Waals surface area contributed by atoms with E-state index in [9.17, 15) is 0 Å². The molecular formula is C15H20N2O. The van der Waals surface area contributed by atoms with Crippen LogP contribution < -0.4 is 4.74 Å². The summed E-state index contributed by atoms with van der Waals surface area (Å²) in [5.74, 6) is 0.885. The standard InChI is InChI=1S/C15H20N2O/c1-3-14-5-4-8-17(14)11-13-9-12(10-16)6-7-15(13)18-2/h6-7,9,14H,3-5,8,11H2,1-2H3. The molecule has 96 valence electrons. The number of rotatable bonds is 4. The van der Waals surface area contributed by atoms with E-state index < -0.39 is 0 Å². The van der Waals surface area contributed by atoms with Gasteiger partial charge in [-0.3, -0.25) is 4.90 Å². The molecule has 0 spiro atoms. The van der Waals surface area contributed by atoms with Crippen molar-refractivity contribution in [1.82, 2.24) is 4.90 Å². The molecule has 3 nitrogen and oxygen atoms in total. The van der Waals surface area contributed by atoms with Gasteiger partial charge in [-0.15, -0.1) is 0 Å². The summed E-state index contributed by atoms with van der Waals surface area (Å²) in [4.78, 5) is 2.50. The minimum Gasteiger partial charge on any atom is -0.496 e. The third-order valence-corrected chi connectivity index (χ3v) is 3.75. The zero-order valence-corrected chi connectivity index (χ0v) is 11.1. The van der Waals surface area contributed by atoms with E-state index in [0.29, 0.717) is 11.6 Å². The Morgan fingerprint density at radius 2 is 2.33 bits per heavy atom. The molecule has 1 aromatic carbocycles. The zero-order valence-electron chi connectivity index (χ0n) is 11.1. The minimum absolute atomic E-state index is 0.681. The highest BCUT2D eigenvalue weighted by molar-refractivity contribution is 5.42. The lowest BCUT2D eigenvalue weighted by molar-refractivity contribution is 0.236. The van der Waals surface area contributed by atoms with E-state index in [2.05, 4.69) is 17.9 Å². The molecule has 0 radical (unpaired) electrons. The van der Waals surface area contributed by atoms with Gasteiger partial charge in [0.15, 0.2) is 0 Å². The molecule has 18 heavy (non-hydrogen) atoms. The van der Waals surface area contributed by atoms with Gasteiger partial charge < -0.3 is 4.74 Å². The van der Waals surface area contributed by atoms with Gasteiger partial charge >= 0.3 is 0 Å². The van der Waals surface area contributed by atoms with E-state index >= 15 is 0 Å². The average Bonchev–Trinajstić information content (AvgIpc) is 2.86. The van der Waals surface area contributed by atoms with Crippen molar-refractivity contribution < 1.29 is 4.74 Å². The van der Waals surface area contributed by atoms with Gasteiger partial charge in [0, 0.05) is 18.2 Å². The highest BCUT2D eigenvalue weighted by Crippen LogP contribution is 2.26. The van der Waals surface area contributed by atoms with E-state index in [1.807, 2.05) is 18.2 Å². The molecule has 0 N–H and O–H groups in total. The summed E-state index contributed by atoms with van der Waals surface area (Å²) in [5, 5.41) is 8.98. The van der Waals surface area contributed by atoms with E-state index in [4.69, 9.17) is 10.00 Å². The molecule has 0 saturated carbocycles. The molecule has 0 aromatic heterocycles. The molecule has 1 aromatic rings. The minimum atomic E-state index is 0.681. The Kier molecular flexibility index (Phi) is 4.22. The van der Waals surface area contributed by atoms with Crippen LogP contribution in [-0.4, -0.2) is 24.6 Å². The van der Waals surface area contributed by atoms with Crippen LogP contribution in [0.1, 0.15) is 37.3 Å². The van der Waals surface area contributed by atoms with E-state index in [0.717, 1.165) is 24.4 Å². The molecule has 1 aliphatic rings. The van der Waals surface area contributed by atoms with Crippen LogP contribution in [0.3, 0.4) is 0 Å². The van der Waals surface area contributed by atoms with Crippen LogP contribution in [0.15, 0.2) is 18.2 Å². The fourth-order valence-electron chi connectivity index (χ4n) is 2.76. The second-order valence-electron chi connectivity index (χ2n) is 4.81. The second-order valence-corrected chi connectivity index (χ2v) is 4.81. The van der Waals surface area contributed by atoms with Gasteiger partial charge in [-0.05, 0) is 44.0 Å². The number of nitriles is 1. The Balaban J connectivity index is 2.19. The Hall–Kier alpha value is -1.53. The summed E-state index contributed by atoms with van der Waals surface area (Å²) in [6.45, 7) is 4.28. The van der Waals surface area contributed by atoms with Crippen molar-refractivity contribution in [1.29, 1.82) is 5.26 Å². The average molecular weight is 244 g/mol. The van der Waals surface area contributed by atoms with Crippen LogP contribution in [0, 0.1) is 11.3 Å². The summed E-state index contributed by atoms with van der Waals surface area (Å²) in [6, 6.07) is 8.53. The van der Waals surface area contributed by atoms with Gasteiger partial charge in [-0.1, -0.05) is 6.92 Å². The zero-order chi connectivity index (χ0) is 13.0. The van der Waals surface area contributed by atoms with Crippen LogP contribution in [-0.2, 0) is 6.54 Å². The number of likely N-dealkylation sites (tertiary alicyclic amines) is 1. The highest BCUT2D eigenvalue weighted by atomic mass is 16.5. The Morgan fingerprint density at radius 3 is 3.00 bits per heavy atom. The predicted molar refractivity (Wildman–Crippen MR) is 71.4 cm³/mol. The Morgan fingerprint density at radius 1 is 1.50 bits per heavy atom. The monoisotopic (exact) mass is 244 g/mol.